The fourth-order valence-corrected chi connectivity index (χ4v) is 6.51. The van der Waals surface area contributed by atoms with E-state index in [2.05, 4.69) is 35.9 Å². The van der Waals surface area contributed by atoms with E-state index in [1.807, 2.05) is 30.8 Å². The van der Waals surface area contributed by atoms with E-state index in [-0.39, 0.29) is 16.8 Å². The molecule has 0 saturated heterocycles. The number of nitrogens with zero attached hydrogens (tertiary/aromatic N) is 5. The van der Waals surface area contributed by atoms with E-state index in [0.717, 1.165) is 41.2 Å². The lowest BCUT2D eigenvalue weighted by Crippen LogP contribution is -2.54. The molecule has 1 fully saturated rings. The van der Waals surface area contributed by atoms with Crippen LogP contribution >= 0.6 is 27.3 Å². The molecular formula is C22H23BrN6O2S. The first-order valence-electron chi connectivity index (χ1n) is 10.6. The second-order valence-electron chi connectivity index (χ2n) is 8.44. The summed E-state index contributed by atoms with van der Waals surface area (Å²) in [4.78, 5) is 22.3. The molecule has 10 heteroatoms. The molecule has 2 unspecified atom stereocenters. The lowest BCUT2D eigenvalue weighted by atomic mass is 9.76. The molecule has 3 aromatic rings. The Morgan fingerprint density at radius 3 is 2.59 bits per heavy atom. The quantitative estimate of drug-likeness (QED) is 0.500. The molecule has 1 saturated carbocycles. The maximum Gasteiger partial charge on any atom is 0.306 e. The molecular weight excluding hydrogens is 492 g/mol. The Labute approximate surface area is 198 Å². The summed E-state index contributed by atoms with van der Waals surface area (Å²) in [6.07, 6.45) is 6.68. The zero-order valence-corrected chi connectivity index (χ0v) is 19.9. The van der Waals surface area contributed by atoms with E-state index < -0.39 is 5.97 Å². The number of hydrogen-bond acceptors (Lipinski definition) is 7. The number of carboxylic acid groups (broad SMARTS) is 1. The number of aromatic nitrogens is 4. The largest absolute Gasteiger partial charge is 0.481 e. The Morgan fingerprint density at radius 2 is 1.97 bits per heavy atom. The number of hydrogen-bond donors (Lipinski definition) is 2. The van der Waals surface area contributed by atoms with Crippen LogP contribution in [0.3, 0.4) is 0 Å². The number of carbonyl (C=O) groups is 1. The minimum atomic E-state index is -0.697. The van der Waals surface area contributed by atoms with Crippen LogP contribution in [0.25, 0.3) is 22.5 Å². The van der Waals surface area contributed by atoms with E-state index >= 15 is 0 Å². The van der Waals surface area contributed by atoms with Crippen molar-refractivity contribution in [2.45, 2.75) is 36.6 Å². The van der Waals surface area contributed by atoms with Crippen molar-refractivity contribution in [3.05, 3.63) is 35.4 Å². The number of rotatable bonds is 4. The number of nitrogens with one attached hydrogen (secondary N) is 1. The molecule has 166 valence electrons. The molecule has 8 nitrogen and oxygen atoms in total. The molecule has 1 aliphatic heterocycles. The smallest absolute Gasteiger partial charge is 0.306 e. The molecule has 4 heterocycles. The van der Waals surface area contributed by atoms with Crippen LogP contribution in [0.4, 0.5) is 5.82 Å². The molecule has 1 aliphatic carbocycles. The average molecular weight is 515 g/mol. The van der Waals surface area contributed by atoms with Gasteiger partial charge in [-0.15, -0.1) is 11.3 Å². The van der Waals surface area contributed by atoms with E-state index in [9.17, 15) is 9.90 Å². The van der Waals surface area contributed by atoms with Crippen LogP contribution in [-0.2, 0) is 4.79 Å². The van der Waals surface area contributed by atoms with E-state index in [0.29, 0.717) is 24.6 Å². The van der Waals surface area contributed by atoms with Crippen molar-refractivity contribution in [2.24, 2.45) is 11.8 Å². The summed E-state index contributed by atoms with van der Waals surface area (Å²) in [7, 11) is 2.04. The number of pyridine rings is 1. The second-order valence-corrected chi connectivity index (χ2v) is 10.1. The number of alkyl halides is 1. The monoisotopic (exact) mass is 514 g/mol. The van der Waals surface area contributed by atoms with Crippen molar-refractivity contribution in [3.8, 4) is 22.5 Å². The highest BCUT2D eigenvalue weighted by molar-refractivity contribution is 9.10. The normalized spacial score (nSPS) is 25.6. The number of thiazole rings is 1. The molecule has 0 spiro atoms. The molecule has 3 aromatic heterocycles. The number of anilines is 1. The van der Waals surface area contributed by atoms with Crippen LogP contribution in [0.1, 0.15) is 25.7 Å². The number of fused-ring (bicyclic) bond motifs is 1. The van der Waals surface area contributed by atoms with Gasteiger partial charge in [-0.05, 0) is 37.7 Å². The Hall–Kier alpha value is -2.59. The zero-order valence-electron chi connectivity index (χ0n) is 17.5. The Kier molecular flexibility index (Phi) is 5.58. The summed E-state index contributed by atoms with van der Waals surface area (Å²) in [5, 5.41) is 24.6. The maximum atomic E-state index is 11.4. The summed E-state index contributed by atoms with van der Waals surface area (Å²) in [6, 6.07) is 4.03. The third kappa shape index (κ3) is 3.55. The summed E-state index contributed by atoms with van der Waals surface area (Å²) in [5.74, 6) is 0.636. The molecule has 2 aliphatic rings. The van der Waals surface area contributed by atoms with Gasteiger partial charge in [0.15, 0.2) is 0 Å². The first kappa shape index (κ1) is 21.3. The van der Waals surface area contributed by atoms with Gasteiger partial charge in [0.25, 0.3) is 0 Å². The molecule has 2 atom stereocenters. The van der Waals surface area contributed by atoms with Crippen molar-refractivity contribution in [1.29, 1.82) is 5.41 Å². The van der Waals surface area contributed by atoms with Crippen molar-refractivity contribution in [2.75, 3.05) is 11.9 Å². The van der Waals surface area contributed by atoms with Crippen molar-refractivity contribution < 1.29 is 9.90 Å². The average Bonchev–Trinajstić information content (AvgIpc) is 3.49. The van der Waals surface area contributed by atoms with Crippen molar-refractivity contribution in [1.82, 2.24) is 19.7 Å². The van der Waals surface area contributed by atoms with Gasteiger partial charge in [0, 0.05) is 29.8 Å². The second kappa shape index (κ2) is 8.40. The van der Waals surface area contributed by atoms with Crippen LogP contribution in [-0.4, -0.2) is 54.6 Å². The summed E-state index contributed by atoms with van der Waals surface area (Å²) in [6.45, 7) is 0. The van der Waals surface area contributed by atoms with Gasteiger partial charge < -0.3 is 10.0 Å². The number of halogens is 1. The van der Waals surface area contributed by atoms with E-state index in [1.54, 1.807) is 16.4 Å². The number of carboxylic acids is 1. The molecule has 0 amide bonds. The molecule has 5 rings (SSSR count). The minimum Gasteiger partial charge on any atom is -0.481 e. The Morgan fingerprint density at radius 1 is 1.19 bits per heavy atom. The lowest BCUT2D eigenvalue weighted by molar-refractivity contribution is -0.143. The Balaban J connectivity index is 1.45. The third-order valence-corrected chi connectivity index (χ3v) is 8.25. The first-order valence-corrected chi connectivity index (χ1v) is 12.4. The highest BCUT2D eigenvalue weighted by Gasteiger charge is 2.43. The van der Waals surface area contributed by atoms with E-state index in [4.69, 9.17) is 5.41 Å². The number of aliphatic carboxylic acids is 1. The fraction of sp³-hybridized carbons (Fsp3) is 0.409. The topological polar surface area (TPSA) is 108 Å². The summed E-state index contributed by atoms with van der Waals surface area (Å²) < 4.78 is 1.68. The summed E-state index contributed by atoms with van der Waals surface area (Å²) in [5.41, 5.74) is 5.34. The molecule has 0 bridgehead atoms. The third-order valence-electron chi connectivity index (χ3n) is 6.69. The molecule has 0 aromatic carbocycles. The molecule has 32 heavy (non-hydrogen) atoms. The van der Waals surface area contributed by atoms with Crippen LogP contribution in [0.2, 0.25) is 0 Å². The molecule has 0 radical (unpaired) electrons. The van der Waals surface area contributed by atoms with Gasteiger partial charge in [0.2, 0.25) is 0 Å². The van der Waals surface area contributed by atoms with Gasteiger partial charge in [0.1, 0.15) is 11.7 Å². The van der Waals surface area contributed by atoms with Crippen LogP contribution < -0.4 is 4.90 Å². The van der Waals surface area contributed by atoms with Crippen LogP contribution in [0.5, 0.6) is 0 Å². The minimum absolute atomic E-state index is 0.0578. The molecule has 2 N–H and O–H groups in total. The summed E-state index contributed by atoms with van der Waals surface area (Å²) >= 11 is 5.28. The van der Waals surface area contributed by atoms with Crippen molar-refractivity contribution >= 4 is 44.9 Å². The maximum absolute atomic E-state index is 11.4. The van der Waals surface area contributed by atoms with Gasteiger partial charge in [-0.25, -0.2) is 9.67 Å². The predicted molar refractivity (Wildman–Crippen MR) is 128 cm³/mol. The fourth-order valence-electron chi connectivity index (χ4n) is 4.98. The van der Waals surface area contributed by atoms with Gasteiger partial charge in [-0.2, -0.15) is 5.10 Å². The Bertz CT molecular complexity index is 1140. The SMILES string of the molecule is CN1c2c(-c3ccc(-c4cscn4)nc3)cnn2C(=N)C(Br)C1C1CCC(C(=O)O)CC1. The van der Waals surface area contributed by atoms with Crippen molar-refractivity contribution in [3.63, 3.8) is 0 Å². The van der Waals surface area contributed by atoms with Gasteiger partial charge >= 0.3 is 5.97 Å². The van der Waals surface area contributed by atoms with Crippen LogP contribution in [0, 0.1) is 17.2 Å². The van der Waals surface area contributed by atoms with Gasteiger partial charge in [0.05, 0.1) is 39.9 Å². The van der Waals surface area contributed by atoms with Gasteiger partial charge in [-0.1, -0.05) is 22.0 Å². The highest BCUT2D eigenvalue weighted by Crippen LogP contribution is 2.42. The van der Waals surface area contributed by atoms with Crippen LogP contribution in [0.15, 0.2) is 35.4 Å². The predicted octanol–water partition coefficient (Wildman–Crippen LogP) is 4.37. The standard InChI is InChI=1S/C22H23BrN6O2S/c1-28-19(12-2-4-13(5-3-12)22(30)31)18(23)20(24)29-21(28)15(9-27-29)14-6-7-16(25-8-14)17-10-32-11-26-17/h6-13,18-19,24H,2-5H2,1H3,(H,30,31). The first-order chi connectivity index (χ1) is 15.5. The zero-order chi connectivity index (χ0) is 22.4. The van der Waals surface area contributed by atoms with Gasteiger partial charge in [-0.3, -0.25) is 15.2 Å². The lowest BCUT2D eigenvalue weighted by Gasteiger charge is -2.44. The van der Waals surface area contributed by atoms with E-state index in [1.165, 1.54) is 11.3 Å². The highest BCUT2D eigenvalue weighted by atomic mass is 79.9.